The first kappa shape index (κ1) is 16.4. The number of alkyl halides is 2. The minimum Gasteiger partial charge on any atom is -0.481 e. The Bertz CT molecular complexity index is 562. The van der Waals surface area contributed by atoms with Gasteiger partial charge in [-0.15, -0.1) is 0 Å². The van der Waals surface area contributed by atoms with E-state index in [2.05, 4.69) is 5.32 Å². The Morgan fingerprint density at radius 3 is 2.86 bits per heavy atom. The van der Waals surface area contributed by atoms with Gasteiger partial charge in [-0.3, -0.25) is 9.59 Å². The number of benzene rings is 1. The minimum atomic E-state index is -3.02. The van der Waals surface area contributed by atoms with Crippen LogP contribution < -0.4 is 5.32 Å². The molecule has 1 amide bonds. The topological polar surface area (TPSA) is 75.6 Å². The van der Waals surface area contributed by atoms with E-state index in [1.165, 1.54) is 18.2 Å². The third-order valence-electron chi connectivity index (χ3n) is 3.49. The van der Waals surface area contributed by atoms with Gasteiger partial charge in [0.15, 0.2) is 0 Å². The summed E-state index contributed by atoms with van der Waals surface area (Å²) in [6.45, 7) is 0.132. The van der Waals surface area contributed by atoms with Crippen LogP contribution in [0.4, 0.5) is 8.78 Å². The second kappa shape index (κ2) is 6.83. The molecule has 2 rings (SSSR count). The van der Waals surface area contributed by atoms with Crippen molar-refractivity contribution in [1.82, 2.24) is 5.32 Å². The third kappa shape index (κ3) is 4.24. The summed E-state index contributed by atoms with van der Waals surface area (Å²) >= 11 is 0. The van der Waals surface area contributed by atoms with Crippen molar-refractivity contribution in [2.75, 3.05) is 13.2 Å². The van der Waals surface area contributed by atoms with Gasteiger partial charge >= 0.3 is 5.97 Å². The molecule has 1 aromatic rings. The first-order valence-corrected chi connectivity index (χ1v) is 6.95. The maximum Gasteiger partial charge on any atom is 0.307 e. The van der Waals surface area contributed by atoms with Gasteiger partial charge in [-0.25, -0.2) is 8.78 Å². The number of aliphatic carboxylic acids is 1. The Morgan fingerprint density at radius 2 is 2.14 bits per heavy atom. The van der Waals surface area contributed by atoms with Gasteiger partial charge in [-0.1, -0.05) is 12.1 Å². The molecule has 0 aliphatic carbocycles. The number of hydrogen-bond donors (Lipinski definition) is 2. The Kier molecular flexibility index (Phi) is 5.07. The van der Waals surface area contributed by atoms with E-state index in [0.29, 0.717) is 5.56 Å². The van der Waals surface area contributed by atoms with Crippen LogP contribution in [0.5, 0.6) is 0 Å². The van der Waals surface area contributed by atoms with Gasteiger partial charge in [-0.05, 0) is 24.1 Å². The Hall–Kier alpha value is -2.02. The van der Waals surface area contributed by atoms with E-state index in [9.17, 15) is 18.4 Å². The zero-order valence-electron chi connectivity index (χ0n) is 11.9. The average molecular weight is 313 g/mol. The zero-order valence-corrected chi connectivity index (χ0v) is 11.9. The van der Waals surface area contributed by atoms with E-state index in [1.807, 2.05) is 0 Å². The van der Waals surface area contributed by atoms with Crippen molar-refractivity contribution in [3.05, 3.63) is 35.4 Å². The molecule has 1 aliphatic rings. The maximum atomic E-state index is 13.9. The number of amides is 1. The van der Waals surface area contributed by atoms with E-state index >= 15 is 0 Å². The molecule has 0 radical (unpaired) electrons. The van der Waals surface area contributed by atoms with Crippen molar-refractivity contribution in [1.29, 1.82) is 0 Å². The molecule has 1 saturated heterocycles. The van der Waals surface area contributed by atoms with Crippen LogP contribution >= 0.6 is 0 Å². The predicted molar refractivity (Wildman–Crippen MR) is 74.0 cm³/mol. The van der Waals surface area contributed by atoms with Crippen molar-refractivity contribution < 1.29 is 28.2 Å². The molecule has 0 saturated carbocycles. The van der Waals surface area contributed by atoms with E-state index in [1.54, 1.807) is 6.07 Å². The number of hydrogen-bond acceptors (Lipinski definition) is 3. The summed E-state index contributed by atoms with van der Waals surface area (Å²) in [5.74, 6) is -4.69. The number of nitrogens with one attached hydrogen (secondary N) is 1. The number of carbonyl (C=O) groups excluding carboxylic acids is 1. The normalized spacial score (nSPS) is 20.9. The van der Waals surface area contributed by atoms with Gasteiger partial charge in [0.25, 0.3) is 11.8 Å². The zero-order chi connectivity index (χ0) is 16.2. The summed E-state index contributed by atoms with van der Waals surface area (Å²) < 4.78 is 32.8. The van der Waals surface area contributed by atoms with Crippen molar-refractivity contribution >= 4 is 11.9 Å². The van der Waals surface area contributed by atoms with Crippen LogP contribution in [0.1, 0.15) is 28.8 Å². The molecule has 2 N–H and O–H groups in total. The van der Waals surface area contributed by atoms with Crippen LogP contribution in [0.15, 0.2) is 24.3 Å². The molecular formula is C15H17F2NO4. The third-order valence-corrected chi connectivity index (χ3v) is 3.49. The fraction of sp³-hybridized carbons (Fsp3) is 0.467. The fourth-order valence-electron chi connectivity index (χ4n) is 2.31. The molecule has 1 heterocycles. The van der Waals surface area contributed by atoms with Crippen molar-refractivity contribution in [3.8, 4) is 0 Å². The van der Waals surface area contributed by atoms with Crippen molar-refractivity contribution in [3.63, 3.8) is 0 Å². The first-order valence-electron chi connectivity index (χ1n) is 6.95. The molecule has 22 heavy (non-hydrogen) atoms. The predicted octanol–water partition coefficient (Wildman–Crippen LogP) is 1.86. The molecule has 1 fully saturated rings. The number of rotatable bonds is 4. The van der Waals surface area contributed by atoms with E-state index in [4.69, 9.17) is 9.84 Å². The highest BCUT2D eigenvalue weighted by Gasteiger charge is 2.41. The lowest BCUT2D eigenvalue weighted by Gasteiger charge is -2.25. The largest absolute Gasteiger partial charge is 0.481 e. The average Bonchev–Trinajstić information content (AvgIpc) is 2.60. The van der Waals surface area contributed by atoms with E-state index in [0.717, 1.165) is 0 Å². The highest BCUT2D eigenvalue weighted by Crippen LogP contribution is 2.28. The number of ether oxygens (including phenoxy) is 1. The van der Waals surface area contributed by atoms with E-state index < -0.39 is 30.3 Å². The quantitative estimate of drug-likeness (QED) is 0.889. The van der Waals surface area contributed by atoms with Crippen LogP contribution in [-0.2, 0) is 16.0 Å². The maximum absolute atomic E-state index is 13.9. The summed E-state index contributed by atoms with van der Waals surface area (Å²) in [6, 6.07) is 4.67. The van der Waals surface area contributed by atoms with Gasteiger partial charge in [-0.2, -0.15) is 0 Å². The monoisotopic (exact) mass is 313 g/mol. The fourth-order valence-corrected chi connectivity index (χ4v) is 2.31. The number of carbonyl (C=O) groups is 2. The van der Waals surface area contributed by atoms with Crippen LogP contribution in [0, 0.1) is 0 Å². The Balaban J connectivity index is 2.09. The lowest BCUT2D eigenvalue weighted by molar-refractivity contribution is -0.136. The second-order valence-corrected chi connectivity index (χ2v) is 5.21. The standard InChI is InChI=1S/C15H17F2NO4/c16-15(17)5-7-22-6-4-12(15)18-14(21)11-3-1-2-10(8-11)9-13(19)20/h1-3,8,12H,4-7,9H2,(H,18,21)(H,19,20). The van der Waals surface area contributed by atoms with Crippen molar-refractivity contribution in [2.45, 2.75) is 31.2 Å². The number of carboxylic acid groups (broad SMARTS) is 1. The smallest absolute Gasteiger partial charge is 0.307 e. The summed E-state index contributed by atoms with van der Waals surface area (Å²) in [5, 5.41) is 11.1. The molecule has 1 atom stereocenters. The SMILES string of the molecule is O=C(O)Cc1cccc(C(=O)NC2CCOCCC2(F)F)c1. The molecule has 1 aromatic carbocycles. The highest BCUT2D eigenvalue weighted by molar-refractivity contribution is 5.94. The van der Waals surface area contributed by atoms with Gasteiger partial charge in [0, 0.05) is 18.6 Å². The summed E-state index contributed by atoms with van der Waals surface area (Å²) in [5.41, 5.74) is 0.607. The lowest BCUT2D eigenvalue weighted by Crippen LogP contribution is -2.47. The van der Waals surface area contributed by atoms with Gasteiger partial charge in [0.05, 0.1) is 19.1 Å². The van der Waals surface area contributed by atoms with Gasteiger partial charge in [0.2, 0.25) is 0 Å². The number of halogens is 2. The molecular weight excluding hydrogens is 296 g/mol. The summed E-state index contributed by atoms with van der Waals surface area (Å²) in [6.07, 6.45) is -0.626. The van der Waals surface area contributed by atoms with Crippen LogP contribution in [0.3, 0.4) is 0 Å². The van der Waals surface area contributed by atoms with Gasteiger partial charge in [0.1, 0.15) is 0 Å². The van der Waals surface area contributed by atoms with E-state index in [-0.39, 0.29) is 31.6 Å². The molecule has 1 aliphatic heterocycles. The van der Waals surface area contributed by atoms with Crippen LogP contribution in [-0.4, -0.2) is 42.2 Å². The second-order valence-electron chi connectivity index (χ2n) is 5.21. The Morgan fingerprint density at radius 1 is 1.36 bits per heavy atom. The molecule has 0 spiro atoms. The van der Waals surface area contributed by atoms with Crippen LogP contribution in [0.25, 0.3) is 0 Å². The molecule has 1 unspecified atom stereocenters. The number of carboxylic acids is 1. The minimum absolute atomic E-state index is 0.0343. The first-order chi connectivity index (χ1) is 10.4. The molecule has 7 heteroatoms. The van der Waals surface area contributed by atoms with Crippen LogP contribution in [0.2, 0.25) is 0 Å². The lowest BCUT2D eigenvalue weighted by atomic mass is 10.0. The highest BCUT2D eigenvalue weighted by atomic mass is 19.3. The molecule has 120 valence electrons. The summed E-state index contributed by atoms with van der Waals surface area (Å²) in [4.78, 5) is 22.8. The summed E-state index contributed by atoms with van der Waals surface area (Å²) in [7, 11) is 0. The molecule has 5 nitrogen and oxygen atoms in total. The Labute approximate surface area is 126 Å². The molecule has 0 bridgehead atoms. The van der Waals surface area contributed by atoms with Gasteiger partial charge < -0.3 is 15.2 Å². The van der Waals surface area contributed by atoms with Crippen molar-refractivity contribution in [2.24, 2.45) is 0 Å². The molecule has 0 aromatic heterocycles.